The van der Waals surface area contributed by atoms with Gasteiger partial charge in [-0.2, -0.15) is 0 Å². The summed E-state index contributed by atoms with van der Waals surface area (Å²) in [4.78, 5) is 16.7. The number of halogens is 1. The van der Waals surface area contributed by atoms with Crippen molar-refractivity contribution in [3.8, 4) is 5.75 Å². The molecular weight excluding hydrogens is 478 g/mol. The largest absolute Gasteiger partial charge is 0.494 e. The Morgan fingerprint density at radius 3 is 2.46 bits per heavy atom. The lowest BCUT2D eigenvalue weighted by Gasteiger charge is -2.16. The third kappa shape index (κ3) is 4.67. The standard InChI is InChI=1S/C28H24ClN3O2S/c1-30-26(27(33)32(28(30)35)22-14-12-21(29)13-15-22)18-20-19-31(25-11-6-5-10-24(20)25)16-7-17-34-23-8-3-2-4-9-23/h2-6,8-15,18-19H,7,16-17H2,1H3/b26-18-. The molecular formula is C28H24ClN3O2S. The van der Waals surface area contributed by atoms with Gasteiger partial charge in [-0.25, -0.2) is 0 Å². The first-order valence-corrected chi connectivity index (χ1v) is 12.2. The lowest BCUT2D eigenvalue weighted by Crippen LogP contribution is -2.31. The second-order valence-corrected chi connectivity index (χ2v) is 9.10. The van der Waals surface area contributed by atoms with E-state index in [1.807, 2.05) is 55.6 Å². The van der Waals surface area contributed by atoms with E-state index >= 15 is 0 Å². The minimum absolute atomic E-state index is 0.159. The third-order valence-corrected chi connectivity index (χ3v) is 6.72. The fourth-order valence-electron chi connectivity index (χ4n) is 4.24. The fraction of sp³-hybridized carbons (Fsp3) is 0.143. The molecule has 0 aliphatic carbocycles. The van der Waals surface area contributed by atoms with Crippen LogP contribution in [0.5, 0.6) is 5.75 Å². The van der Waals surface area contributed by atoms with E-state index in [1.54, 1.807) is 29.2 Å². The Labute approximate surface area is 214 Å². The van der Waals surface area contributed by atoms with Crippen molar-refractivity contribution in [3.05, 3.63) is 101 Å². The van der Waals surface area contributed by atoms with Gasteiger partial charge in [0.15, 0.2) is 5.11 Å². The lowest BCUT2D eigenvalue weighted by atomic mass is 10.1. The number of anilines is 1. The van der Waals surface area contributed by atoms with Crippen molar-refractivity contribution in [2.75, 3.05) is 18.6 Å². The van der Waals surface area contributed by atoms with Crippen LogP contribution in [0.2, 0.25) is 5.02 Å². The maximum Gasteiger partial charge on any atom is 0.281 e. The number of carbonyl (C=O) groups excluding carboxylic acids is 1. The van der Waals surface area contributed by atoms with Gasteiger partial charge >= 0.3 is 0 Å². The summed E-state index contributed by atoms with van der Waals surface area (Å²) < 4.78 is 8.06. The summed E-state index contributed by atoms with van der Waals surface area (Å²) in [5.74, 6) is 0.715. The Kier molecular flexibility index (Phi) is 6.57. The van der Waals surface area contributed by atoms with E-state index in [9.17, 15) is 4.79 Å². The molecule has 1 amide bonds. The fourth-order valence-corrected chi connectivity index (χ4v) is 4.65. The molecule has 1 fully saturated rings. The van der Waals surface area contributed by atoms with Gasteiger partial charge < -0.3 is 14.2 Å². The Balaban J connectivity index is 1.39. The van der Waals surface area contributed by atoms with Gasteiger partial charge in [-0.15, -0.1) is 0 Å². The number of aryl methyl sites for hydroxylation is 1. The number of aromatic nitrogens is 1. The van der Waals surface area contributed by atoms with Crippen LogP contribution in [0.25, 0.3) is 17.0 Å². The molecule has 1 aromatic heterocycles. The van der Waals surface area contributed by atoms with Crippen LogP contribution in [-0.4, -0.2) is 34.1 Å². The van der Waals surface area contributed by atoms with E-state index in [-0.39, 0.29) is 5.91 Å². The number of amides is 1. The topological polar surface area (TPSA) is 37.7 Å². The number of rotatable bonds is 7. The highest BCUT2D eigenvalue weighted by Gasteiger charge is 2.36. The smallest absolute Gasteiger partial charge is 0.281 e. The zero-order valence-electron chi connectivity index (χ0n) is 19.2. The molecule has 1 saturated heterocycles. The Hall–Kier alpha value is -3.61. The number of thiocarbonyl (C=S) groups is 1. The molecule has 5 nitrogen and oxygen atoms in total. The third-order valence-electron chi connectivity index (χ3n) is 6.01. The first kappa shape index (κ1) is 23.1. The molecule has 0 spiro atoms. The number of carbonyl (C=O) groups is 1. The number of para-hydroxylation sites is 2. The zero-order valence-corrected chi connectivity index (χ0v) is 20.8. The molecule has 3 aromatic carbocycles. The van der Waals surface area contributed by atoms with Gasteiger partial charge in [0, 0.05) is 41.3 Å². The van der Waals surface area contributed by atoms with Crippen molar-refractivity contribution in [2.24, 2.45) is 0 Å². The number of benzene rings is 3. The summed E-state index contributed by atoms with van der Waals surface area (Å²) in [7, 11) is 1.82. The lowest BCUT2D eigenvalue weighted by molar-refractivity contribution is -0.114. The molecule has 35 heavy (non-hydrogen) atoms. The predicted octanol–water partition coefficient (Wildman–Crippen LogP) is 6.37. The highest BCUT2D eigenvalue weighted by atomic mass is 35.5. The van der Waals surface area contributed by atoms with Crippen molar-refractivity contribution in [2.45, 2.75) is 13.0 Å². The number of fused-ring (bicyclic) bond motifs is 1. The maximum absolute atomic E-state index is 13.4. The zero-order chi connectivity index (χ0) is 24.4. The molecule has 1 aliphatic rings. The van der Waals surface area contributed by atoms with Crippen LogP contribution in [0.1, 0.15) is 12.0 Å². The molecule has 0 N–H and O–H groups in total. The van der Waals surface area contributed by atoms with Crippen molar-refractivity contribution in [1.82, 2.24) is 9.47 Å². The quantitative estimate of drug-likeness (QED) is 0.167. The number of hydrogen-bond acceptors (Lipinski definition) is 3. The second kappa shape index (κ2) is 9.94. The first-order valence-electron chi connectivity index (χ1n) is 11.4. The molecule has 176 valence electrons. The molecule has 0 unspecified atom stereocenters. The second-order valence-electron chi connectivity index (χ2n) is 8.30. The van der Waals surface area contributed by atoms with Crippen molar-refractivity contribution in [1.29, 1.82) is 0 Å². The monoisotopic (exact) mass is 501 g/mol. The van der Waals surface area contributed by atoms with Gasteiger partial charge in [-0.05, 0) is 67.2 Å². The van der Waals surface area contributed by atoms with Crippen molar-refractivity contribution < 1.29 is 9.53 Å². The van der Waals surface area contributed by atoms with Crippen LogP contribution in [0, 0.1) is 0 Å². The number of hydrogen-bond donors (Lipinski definition) is 0. The summed E-state index contributed by atoms with van der Waals surface area (Å²) >= 11 is 11.6. The first-order chi connectivity index (χ1) is 17.0. The van der Waals surface area contributed by atoms with Gasteiger partial charge in [0.05, 0.1) is 12.3 Å². The normalized spacial score (nSPS) is 15.0. The van der Waals surface area contributed by atoms with Gasteiger partial charge in [0.1, 0.15) is 11.4 Å². The molecule has 4 aromatic rings. The SMILES string of the molecule is CN1C(=S)N(c2ccc(Cl)cc2)C(=O)/C1=C/c1cn(CCCOc2ccccc2)c2ccccc12. The number of nitrogens with zero attached hydrogens (tertiary/aromatic N) is 3. The number of ether oxygens (including phenoxy) is 1. The van der Waals surface area contributed by atoms with Crippen molar-refractivity contribution in [3.63, 3.8) is 0 Å². The van der Waals surface area contributed by atoms with E-state index < -0.39 is 0 Å². The summed E-state index contributed by atoms with van der Waals surface area (Å²) in [6.07, 6.45) is 4.87. The van der Waals surface area contributed by atoms with Crippen LogP contribution in [0.3, 0.4) is 0 Å². The highest BCUT2D eigenvalue weighted by Crippen LogP contribution is 2.31. The van der Waals surface area contributed by atoms with Gasteiger partial charge in [0.25, 0.3) is 5.91 Å². The van der Waals surface area contributed by atoms with E-state index in [0.717, 1.165) is 35.2 Å². The minimum Gasteiger partial charge on any atom is -0.494 e. The van der Waals surface area contributed by atoms with Crippen LogP contribution in [0.4, 0.5) is 5.69 Å². The van der Waals surface area contributed by atoms with E-state index in [0.29, 0.717) is 28.1 Å². The molecule has 0 radical (unpaired) electrons. The molecule has 0 atom stereocenters. The van der Waals surface area contributed by atoms with Gasteiger partial charge in [-0.3, -0.25) is 9.69 Å². The number of likely N-dealkylation sites (N-methyl/N-ethyl adjacent to an activating group) is 1. The molecule has 0 saturated carbocycles. The Morgan fingerprint density at radius 2 is 1.69 bits per heavy atom. The summed E-state index contributed by atoms with van der Waals surface area (Å²) in [5.41, 5.74) is 3.31. The molecule has 7 heteroatoms. The predicted molar refractivity (Wildman–Crippen MR) is 146 cm³/mol. The Morgan fingerprint density at radius 1 is 0.971 bits per heavy atom. The van der Waals surface area contributed by atoms with Crippen LogP contribution >= 0.6 is 23.8 Å². The van der Waals surface area contributed by atoms with Gasteiger partial charge in [-0.1, -0.05) is 48.0 Å². The average molecular weight is 502 g/mol. The van der Waals surface area contributed by atoms with E-state index in [2.05, 4.69) is 22.9 Å². The van der Waals surface area contributed by atoms with E-state index in [1.165, 1.54) is 4.90 Å². The van der Waals surface area contributed by atoms with Crippen LogP contribution in [-0.2, 0) is 11.3 Å². The average Bonchev–Trinajstić information content (AvgIpc) is 3.33. The maximum atomic E-state index is 13.4. The van der Waals surface area contributed by atoms with Gasteiger partial charge in [0.2, 0.25) is 0 Å². The van der Waals surface area contributed by atoms with Crippen LogP contribution in [0.15, 0.2) is 90.8 Å². The van der Waals surface area contributed by atoms with E-state index in [4.69, 9.17) is 28.6 Å². The summed E-state index contributed by atoms with van der Waals surface area (Å²) in [6, 6.07) is 25.2. The molecule has 1 aliphatic heterocycles. The molecule has 2 heterocycles. The summed E-state index contributed by atoms with van der Waals surface area (Å²) in [5, 5.41) is 2.13. The highest BCUT2D eigenvalue weighted by molar-refractivity contribution is 7.80. The molecule has 0 bridgehead atoms. The minimum atomic E-state index is -0.159. The van der Waals surface area contributed by atoms with Crippen molar-refractivity contribution >= 4 is 57.5 Å². The molecule has 5 rings (SSSR count). The Bertz CT molecular complexity index is 1410. The summed E-state index contributed by atoms with van der Waals surface area (Å²) in [6.45, 7) is 1.42. The van der Waals surface area contributed by atoms with Crippen LogP contribution < -0.4 is 9.64 Å².